The lowest BCUT2D eigenvalue weighted by molar-refractivity contribution is 0.0601. The number of hydrogen-bond acceptors (Lipinski definition) is 4. The minimum Gasteiger partial charge on any atom is -0.497 e. The van der Waals surface area contributed by atoms with Gasteiger partial charge in [0.2, 0.25) is 0 Å². The van der Waals surface area contributed by atoms with Crippen molar-refractivity contribution in [3.05, 3.63) is 53.1 Å². The second-order valence-electron chi connectivity index (χ2n) is 4.50. The highest BCUT2D eigenvalue weighted by Crippen LogP contribution is 2.22. The van der Waals surface area contributed by atoms with Gasteiger partial charge in [-0.15, -0.1) is 0 Å². The standard InChI is InChI=1S/C16H15ClN2O4/c1-22-12-5-3-4-10(8-12)18-16(21)19-11-6-7-14(17)13(9-11)15(20)23-2/h3-9H,1-2H3,(H2,18,19,21). The van der Waals surface area contributed by atoms with E-state index in [0.717, 1.165) is 0 Å². The van der Waals surface area contributed by atoms with Crippen LogP contribution < -0.4 is 15.4 Å². The molecule has 0 aliphatic carbocycles. The zero-order valence-electron chi connectivity index (χ0n) is 12.6. The van der Waals surface area contributed by atoms with Gasteiger partial charge in [-0.1, -0.05) is 17.7 Å². The molecule has 0 bridgehead atoms. The summed E-state index contributed by atoms with van der Waals surface area (Å²) in [6.45, 7) is 0. The van der Waals surface area contributed by atoms with E-state index in [1.807, 2.05) is 0 Å². The molecule has 2 aromatic rings. The van der Waals surface area contributed by atoms with E-state index in [2.05, 4.69) is 15.4 Å². The van der Waals surface area contributed by atoms with Crippen molar-refractivity contribution in [2.75, 3.05) is 24.9 Å². The highest BCUT2D eigenvalue weighted by atomic mass is 35.5. The fourth-order valence-corrected chi connectivity index (χ4v) is 2.06. The Kier molecular flexibility index (Phi) is 5.43. The molecule has 0 fully saturated rings. The van der Waals surface area contributed by atoms with E-state index in [4.69, 9.17) is 16.3 Å². The third-order valence-electron chi connectivity index (χ3n) is 2.96. The van der Waals surface area contributed by atoms with Gasteiger partial charge in [0.25, 0.3) is 0 Å². The van der Waals surface area contributed by atoms with Crippen LogP contribution in [-0.4, -0.2) is 26.2 Å². The molecule has 6 nitrogen and oxygen atoms in total. The van der Waals surface area contributed by atoms with Crippen LogP contribution in [0.1, 0.15) is 10.4 Å². The molecule has 0 aliphatic rings. The second-order valence-corrected chi connectivity index (χ2v) is 4.90. The molecule has 0 atom stereocenters. The largest absolute Gasteiger partial charge is 0.497 e. The fraction of sp³-hybridized carbons (Fsp3) is 0.125. The quantitative estimate of drug-likeness (QED) is 0.834. The molecule has 0 heterocycles. The molecule has 120 valence electrons. The first-order valence-corrected chi connectivity index (χ1v) is 7.01. The number of amides is 2. The van der Waals surface area contributed by atoms with E-state index < -0.39 is 12.0 Å². The Labute approximate surface area is 138 Å². The SMILES string of the molecule is COC(=O)c1cc(NC(=O)Nc2cccc(OC)c2)ccc1Cl. The van der Waals surface area contributed by atoms with Crippen molar-refractivity contribution in [1.82, 2.24) is 0 Å². The summed E-state index contributed by atoms with van der Waals surface area (Å²) in [5.74, 6) is 0.0501. The Hall–Kier alpha value is -2.73. The molecule has 2 N–H and O–H groups in total. The van der Waals surface area contributed by atoms with Crippen LogP contribution in [0.3, 0.4) is 0 Å². The van der Waals surface area contributed by atoms with Crippen molar-refractivity contribution in [3.63, 3.8) is 0 Å². The third kappa shape index (κ3) is 4.37. The predicted molar refractivity (Wildman–Crippen MR) is 88.4 cm³/mol. The second kappa shape index (κ2) is 7.51. The number of halogens is 1. The van der Waals surface area contributed by atoms with E-state index in [1.165, 1.54) is 19.2 Å². The third-order valence-corrected chi connectivity index (χ3v) is 3.29. The summed E-state index contributed by atoms with van der Waals surface area (Å²) in [6, 6.07) is 11.0. The number of carbonyl (C=O) groups is 2. The summed E-state index contributed by atoms with van der Waals surface area (Å²) in [6.07, 6.45) is 0. The number of ether oxygens (including phenoxy) is 2. The maximum Gasteiger partial charge on any atom is 0.339 e. The highest BCUT2D eigenvalue weighted by Gasteiger charge is 2.12. The van der Waals surface area contributed by atoms with Crippen molar-refractivity contribution in [2.45, 2.75) is 0 Å². The first-order chi connectivity index (χ1) is 11.0. The molecule has 23 heavy (non-hydrogen) atoms. The smallest absolute Gasteiger partial charge is 0.339 e. The number of esters is 1. The molecule has 0 aliphatic heterocycles. The molecule has 0 unspecified atom stereocenters. The van der Waals surface area contributed by atoms with Crippen LogP contribution in [0, 0.1) is 0 Å². The highest BCUT2D eigenvalue weighted by molar-refractivity contribution is 6.33. The number of carbonyl (C=O) groups excluding carboxylic acids is 2. The van der Waals surface area contributed by atoms with Crippen LogP contribution >= 0.6 is 11.6 Å². The fourth-order valence-electron chi connectivity index (χ4n) is 1.86. The number of benzene rings is 2. The summed E-state index contributed by atoms with van der Waals surface area (Å²) >= 11 is 5.93. The monoisotopic (exact) mass is 334 g/mol. The first kappa shape index (κ1) is 16.6. The Bertz CT molecular complexity index is 734. The summed E-state index contributed by atoms with van der Waals surface area (Å²) in [7, 11) is 2.80. The Morgan fingerprint density at radius 2 is 1.70 bits per heavy atom. The van der Waals surface area contributed by atoms with E-state index >= 15 is 0 Å². The van der Waals surface area contributed by atoms with Gasteiger partial charge in [-0.25, -0.2) is 9.59 Å². The predicted octanol–water partition coefficient (Wildman–Crippen LogP) is 3.78. The Morgan fingerprint density at radius 3 is 2.35 bits per heavy atom. The van der Waals surface area contributed by atoms with Crippen molar-refractivity contribution < 1.29 is 19.1 Å². The summed E-state index contributed by atoms with van der Waals surface area (Å²) in [4.78, 5) is 23.6. The number of urea groups is 1. The molecule has 0 spiro atoms. The Balaban J connectivity index is 2.09. The molecular formula is C16H15ClN2O4. The van der Waals surface area contributed by atoms with Crippen molar-refractivity contribution in [3.8, 4) is 5.75 Å². The molecule has 7 heteroatoms. The summed E-state index contributed by atoms with van der Waals surface area (Å²) in [5, 5.41) is 5.53. The van der Waals surface area contributed by atoms with Gasteiger partial charge in [-0.2, -0.15) is 0 Å². The van der Waals surface area contributed by atoms with Gasteiger partial charge in [0, 0.05) is 17.4 Å². The van der Waals surface area contributed by atoms with E-state index in [-0.39, 0.29) is 10.6 Å². The molecule has 2 aromatic carbocycles. The molecule has 0 saturated heterocycles. The van der Waals surface area contributed by atoms with Crippen LogP contribution in [0.5, 0.6) is 5.75 Å². The molecular weight excluding hydrogens is 320 g/mol. The molecule has 0 saturated carbocycles. The first-order valence-electron chi connectivity index (χ1n) is 6.63. The van der Waals surface area contributed by atoms with Gasteiger partial charge in [0.15, 0.2) is 0 Å². The van der Waals surface area contributed by atoms with Crippen molar-refractivity contribution >= 4 is 35.0 Å². The maximum absolute atomic E-state index is 12.0. The number of nitrogens with one attached hydrogen (secondary N) is 2. The number of methoxy groups -OCH3 is 2. The number of rotatable bonds is 4. The van der Waals surface area contributed by atoms with Crippen LogP contribution in [0.2, 0.25) is 5.02 Å². The van der Waals surface area contributed by atoms with Gasteiger partial charge in [-0.05, 0) is 30.3 Å². The topological polar surface area (TPSA) is 76.7 Å². The van der Waals surface area contributed by atoms with E-state index in [0.29, 0.717) is 17.1 Å². The molecule has 2 rings (SSSR count). The molecule has 0 radical (unpaired) electrons. The van der Waals surface area contributed by atoms with Gasteiger partial charge in [0.1, 0.15) is 5.75 Å². The minimum absolute atomic E-state index is 0.174. The lowest BCUT2D eigenvalue weighted by atomic mass is 10.2. The van der Waals surface area contributed by atoms with Gasteiger partial charge >= 0.3 is 12.0 Å². The lowest BCUT2D eigenvalue weighted by Gasteiger charge is -2.10. The van der Waals surface area contributed by atoms with Crippen LogP contribution in [0.15, 0.2) is 42.5 Å². The Morgan fingerprint density at radius 1 is 1.00 bits per heavy atom. The van der Waals surface area contributed by atoms with Crippen LogP contribution in [0.25, 0.3) is 0 Å². The summed E-state index contributed by atoms with van der Waals surface area (Å²) < 4.78 is 9.72. The van der Waals surface area contributed by atoms with Gasteiger partial charge in [0.05, 0.1) is 24.8 Å². The number of hydrogen-bond donors (Lipinski definition) is 2. The van der Waals surface area contributed by atoms with E-state index in [1.54, 1.807) is 37.4 Å². The van der Waals surface area contributed by atoms with Gasteiger partial charge in [-0.3, -0.25) is 0 Å². The van der Waals surface area contributed by atoms with Crippen LogP contribution in [0.4, 0.5) is 16.2 Å². The summed E-state index contributed by atoms with van der Waals surface area (Å²) in [5.41, 5.74) is 1.16. The maximum atomic E-state index is 12.0. The lowest BCUT2D eigenvalue weighted by Crippen LogP contribution is -2.19. The molecule has 0 aromatic heterocycles. The normalized spacial score (nSPS) is 9.87. The van der Waals surface area contributed by atoms with Crippen LogP contribution in [-0.2, 0) is 4.74 Å². The zero-order chi connectivity index (χ0) is 16.8. The van der Waals surface area contributed by atoms with E-state index in [9.17, 15) is 9.59 Å². The average molecular weight is 335 g/mol. The van der Waals surface area contributed by atoms with Crippen molar-refractivity contribution in [1.29, 1.82) is 0 Å². The minimum atomic E-state index is -0.577. The average Bonchev–Trinajstić information content (AvgIpc) is 2.56. The zero-order valence-corrected chi connectivity index (χ0v) is 13.3. The van der Waals surface area contributed by atoms with Gasteiger partial charge < -0.3 is 20.1 Å². The molecule has 2 amide bonds. The number of anilines is 2. The van der Waals surface area contributed by atoms with Crippen molar-refractivity contribution in [2.24, 2.45) is 0 Å².